The van der Waals surface area contributed by atoms with Gasteiger partial charge in [0.25, 0.3) is 0 Å². The van der Waals surface area contributed by atoms with Gasteiger partial charge in [0.05, 0.1) is 28.6 Å². The highest BCUT2D eigenvalue weighted by molar-refractivity contribution is 6.31. The van der Waals surface area contributed by atoms with Crippen molar-refractivity contribution in [2.75, 3.05) is 13.7 Å². The number of hydrogen-bond donors (Lipinski definition) is 1. The largest absolute Gasteiger partial charge is 0.387 e. The highest BCUT2D eigenvalue weighted by Crippen LogP contribution is 2.28. The predicted molar refractivity (Wildman–Crippen MR) is 68.3 cm³/mol. The summed E-state index contributed by atoms with van der Waals surface area (Å²) in [5, 5.41) is 15.4. The molecule has 17 heavy (non-hydrogen) atoms. The molecule has 0 saturated heterocycles. The minimum atomic E-state index is -0.918. The van der Waals surface area contributed by atoms with E-state index < -0.39 is 5.60 Å². The molecule has 4 nitrogen and oxygen atoms in total. The molecule has 0 radical (unpaired) electrons. The Balaban J connectivity index is 3.01. The summed E-state index contributed by atoms with van der Waals surface area (Å²) < 4.78 is 6.83. The molecule has 0 aromatic carbocycles. The van der Waals surface area contributed by atoms with Crippen LogP contribution in [0, 0.1) is 12.8 Å². The van der Waals surface area contributed by atoms with E-state index in [9.17, 15) is 5.11 Å². The van der Waals surface area contributed by atoms with E-state index in [0.717, 1.165) is 11.4 Å². The van der Waals surface area contributed by atoms with Gasteiger partial charge in [0.15, 0.2) is 0 Å². The molecule has 0 spiro atoms. The number of rotatable bonds is 5. The van der Waals surface area contributed by atoms with Gasteiger partial charge in [-0.1, -0.05) is 25.4 Å². The van der Waals surface area contributed by atoms with Gasteiger partial charge in [0.1, 0.15) is 0 Å². The minimum Gasteiger partial charge on any atom is -0.387 e. The molecule has 1 aromatic heterocycles. The Kier molecular flexibility index (Phi) is 4.58. The number of hydrogen-bond acceptors (Lipinski definition) is 3. The Bertz CT molecular complexity index is 390. The van der Waals surface area contributed by atoms with Gasteiger partial charge in [-0.3, -0.25) is 4.68 Å². The third-order valence-corrected chi connectivity index (χ3v) is 3.70. The van der Waals surface area contributed by atoms with Crippen molar-refractivity contribution in [1.29, 1.82) is 0 Å². The van der Waals surface area contributed by atoms with E-state index in [4.69, 9.17) is 16.3 Å². The van der Waals surface area contributed by atoms with E-state index in [1.165, 1.54) is 0 Å². The molecule has 1 aromatic rings. The predicted octanol–water partition coefficient (Wildman–Crippen LogP) is 1.96. The molecule has 0 aliphatic rings. The zero-order valence-corrected chi connectivity index (χ0v) is 11.9. The number of aryl methyl sites for hydroxylation is 2. The maximum atomic E-state index is 10.6. The number of methoxy groups -OCH3 is 1. The average molecular weight is 261 g/mol. The van der Waals surface area contributed by atoms with Crippen molar-refractivity contribution in [2.24, 2.45) is 13.0 Å². The molecule has 98 valence electrons. The third kappa shape index (κ3) is 3.00. The number of nitrogens with zero attached hydrogens (tertiary/aromatic N) is 2. The first kappa shape index (κ1) is 14.5. The normalized spacial score (nSPS) is 15.3. The van der Waals surface area contributed by atoms with Gasteiger partial charge in [0.2, 0.25) is 0 Å². The van der Waals surface area contributed by atoms with Crippen molar-refractivity contribution in [3.8, 4) is 0 Å². The van der Waals surface area contributed by atoms with Crippen molar-refractivity contribution in [1.82, 2.24) is 9.78 Å². The van der Waals surface area contributed by atoms with Crippen molar-refractivity contribution in [2.45, 2.75) is 32.8 Å². The van der Waals surface area contributed by atoms with Crippen molar-refractivity contribution >= 4 is 11.6 Å². The average Bonchev–Trinajstić information content (AvgIpc) is 2.45. The van der Waals surface area contributed by atoms with Crippen LogP contribution >= 0.6 is 11.6 Å². The number of halogens is 1. The Morgan fingerprint density at radius 3 is 2.47 bits per heavy atom. The lowest BCUT2D eigenvalue weighted by atomic mass is 9.86. The zero-order chi connectivity index (χ0) is 13.2. The zero-order valence-electron chi connectivity index (χ0n) is 11.1. The van der Waals surface area contributed by atoms with E-state index in [2.05, 4.69) is 5.10 Å². The van der Waals surface area contributed by atoms with Gasteiger partial charge >= 0.3 is 0 Å². The molecule has 1 N–H and O–H groups in total. The standard InChI is InChI=1S/C12H21ClN2O2/c1-8(2)12(16,7-17-5)6-10-11(13)9(3)14-15(10)4/h8,16H,6-7H2,1-5H3. The summed E-state index contributed by atoms with van der Waals surface area (Å²) >= 11 is 6.19. The van der Waals surface area contributed by atoms with E-state index in [1.807, 2.05) is 27.8 Å². The van der Waals surface area contributed by atoms with Crippen LogP contribution in [0.25, 0.3) is 0 Å². The molecule has 1 atom stereocenters. The molecular formula is C12H21ClN2O2. The second-order valence-electron chi connectivity index (χ2n) is 4.84. The highest BCUT2D eigenvalue weighted by atomic mass is 35.5. The molecule has 5 heteroatoms. The summed E-state index contributed by atoms with van der Waals surface area (Å²) in [4.78, 5) is 0. The van der Waals surface area contributed by atoms with Gasteiger partial charge in [0, 0.05) is 20.6 Å². The minimum absolute atomic E-state index is 0.0775. The molecular weight excluding hydrogens is 240 g/mol. The Labute approximate surface area is 108 Å². The lowest BCUT2D eigenvalue weighted by molar-refractivity contribution is -0.0647. The monoisotopic (exact) mass is 260 g/mol. The fraction of sp³-hybridized carbons (Fsp3) is 0.750. The summed E-state index contributed by atoms with van der Waals surface area (Å²) in [6.45, 7) is 6.08. The molecule has 1 unspecified atom stereocenters. The second-order valence-corrected chi connectivity index (χ2v) is 5.22. The van der Waals surface area contributed by atoms with Crippen LogP contribution in [0.2, 0.25) is 5.02 Å². The molecule has 0 bridgehead atoms. The summed E-state index contributed by atoms with van der Waals surface area (Å²) in [5.74, 6) is 0.0775. The van der Waals surface area contributed by atoms with Crippen LogP contribution in [-0.4, -0.2) is 34.2 Å². The topological polar surface area (TPSA) is 47.3 Å². The van der Waals surface area contributed by atoms with Crippen LogP contribution in [0.3, 0.4) is 0 Å². The lowest BCUT2D eigenvalue weighted by Crippen LogP contribution is -2.42. The number of aliphatic hydroxyl groups is 1. The molecule has 0 aliphatic heterocycles. The SMILES string of the molecule is COCC(O)(Cc1c(Cl)c(C)nn1C)C(C)C. The second kappa shape index (κ2) is 5.38. The van der Waals surface area contributed by atoms with Gasteiger partial charge in [-0.15, -0.1) is 0 Å². The Hall–Kier alpha value is -0.580. The molecule has 1 rings (SSSR count). The van der Waals surface area contributed by atoms with Crippen LogP contribution < -0.4 is 0 Å². The first-order valence-corrected chi connectivity index (χ1v) is 6.09. The first-order valence-electron chi connectivity index (χ1n) is 5.71. The highest BCUT2D eigenvalue weighted by Gasteiger charge is 2.33. The summed E-state index contributed by atoms with van der Waals surface area (Å²) in [6.07, 6.45) is 0.439. The van der Waals surface area contributed by atoms with Gasteiger partial charge in [-0.05, 0) is 12.8 Å². The summed E-state index contributed by atoms with van der Waals surface area (Å²) in [6, 6.07) is 0. The third-order valence-electron chi connectivity index (χ3n) is 3.20. The van der Waals surface area contributed by atoms with Crippen LogP contribution in [0.15, 0.2) is 0 Å². The number of ether oxygens (including phenoxy) is 1. The maximum absolute atomic E-state index is 10.6. The van der Waals surface area contributed by atoms with Crippen LogP contribution in [0.1, 0.15) is 25.2 Å². The van der Waals surface area contributed by atoms with E-state index >= 15 is 0 Å². The van der Waals surface area contributed by atoms with E-state index in [-0.39, 0.29) is 12.5 Å². The lowest BCUT2D eigenvalue weighted by Gasteiger charge is -2.31. The van der Waals surface area contributed by atoms with Crippen molar-refractivity contribution in [3.05, 3.63) is 16.4 Å². The van der Waals surface area contributed by atoms with Gasteiger partial charge < -0.3 is 9.84 Å². The molecule has 1 heterocycles. The van der Waals surface area contributed by atoms with Crippen LogP contribution in [0.4, 0.5) is 0 Å². The Morgan fingerprint density at radius 1 is 1.53 bits per heavy atom. The van der Waals surface area contributed by atoms with Crippen molar-refractivity contribution in [3.63, 3.8) is 0 Å². The molecule has 0 fully saturated rings. The van der Waals surface area contributed by atoms with Crippen molar-refractivity contribution < 1.29 is 9.84 Å². The molecule has 0 saturated carbocycles. The summed E-state index contributed by atoms with van der Waals surface area (Å²) in [7, 11) is 3.42. The van der Waals surface area contributed by atoms with Crippen LogP contribution in [0.5, 0.6) is 0 Å². The number of aromatic nitrogens is 2. The summed E-state index contributed by atoms with van der Waals surface area (Å²) in [5.41, 5.74) is 0.712. The Morgan fingerprint density at radius 2 is 2.12 bits per heavy atom. The smallest absolute Gasteiger partial charge is 0.0958 e. The first-order chi connectivity index (χ1) is 7.81. The molecule has 0 aliphatic carbocycles. The fourth-order valence-corrected chi connectivity index (χ4v) is 2.06. The fourth-order valence-electron chi connectivity index (χ4n) is 1.83. The van der Waals surface area contributed by atoms with E-state index in [0.29, 0.717) is 11.4 Å². The quantitative estimate of drug-likeness (QED) is 0.880. The van der Waals surface area contributed by atoms with Gasteiger partial charge in [-0.2, -0.15) is 5.10 Å². The van der Waals surface area contributed by atoms with Gasteiger partial charge in [-0.25, -0.2) is 0 Å². The van der Waals surface area contributed by atoms with E-state index in [1.54, 1.807) is 11.8 Å². The molecule has 0 amide bonds. The van der Waals surface area contributed by atoms with Crippen LogP contribution in [-0.2, 0) is 18.2 Å². The maximum Gasteiger partial charge on any atom is 0.0958 e.